The second-order valence-corrected chi connectivity index (χ2v) is 4.22. The summed E-state index contributed by atoms with van der Waals surface area (Å²) in [5, 5.41) is 0. The highest BCUT2D eigenvalue weighted by Gasteiger charge is 2.32. The average Bonchev–Trinajstić information content (AvgIpc) is 2.58. The van der Waals surface area contributed by atoms with Gasteiger partial charge in [-0.1, -0.05) is 0 Å². The molecule has 15 heavy (non-hydrogen) atoms. The third-order valence-electron chi connectivity index (χ3n) is 3.03. The standard InChI is InChI=1S/C11H19N3O/c1-3-15-10-4-9(5-10)14-7-13-6-11(14)8(2)12/h6-10H,3-5,12H2,1-2H3. The monoisotopic (exact) mass is 209 g/mol. The first-order chi connectivity index (χ1) is 7.22. The summed E-state index contributed by atoms with van der Waals surface area (Å²) in [6.07, 6.45) is 6.35. The van der Waals surface area contributed by atoms with Crippen LogP contribution in [0.3, 0.4) is 0 Å². The van der Waals surface area contributed by atoms with Crippen molar-refractivity contribution in [1.29, 1.82) is 0 Å². The molecule has 4 nitrogen and oxygen atoms in total. The van der Waals surface area contributed by atoms with Crippen molar-refractivity contribution in [2.45, 2.75) is 44.9 Å². The van der Waals surface area contributed by atoms with E-state index >= 15 is 0 Å². The molecule has 0 bridgehead atoms. The zero-order valence-electron chi connectivity index (χ0n) is 9.39. The Hall–Kier alpha value is -0.870. The van der Waals surface area contributed by atoms with Crippen LogP contribution in [-0.4, -0.2) is 22.3 Å². The number of hydrogen-bond acceptors (Lipinski definition) is 3. The molecule has 0 spiro atoms. The minimum atomic E-state index is 0.0543. The van der Waals surface area contributed by atoms with E-state index in [2.05, 4.69) is 9.55 Å². The molecular weight excluding hydrogens is 190 g/mol. The Bertz CT molecular complexity index is 315. The van der Waals surface area contributed by atoms with Crippen LogP contribution in [0.15, 0.2) is 12.5 Å². The largest absolute Gasteiger partial charge is 0.378 e. The molecule has 84 valence electrons. The lowest BCUT2D eigenvalue weighted by atomic mass is 9.88. The summed E-state index contributed by atoms with van der Waals surface area (Å²) in [5.74, 6) is 0. The number of aromatic nitrogens is 2. The molecule has 0 radical (unpaired) electrons. The summed E-state index contributed by atoms with van der Waals surface area (Å²) in [5.41, 5.74) is 7.00. The van der Waals surface area contributed by atoms with Crippen LogP contribution in [0.2, 0.25) is 0 Å². The molecule has 0 amide bonds. The molecule has 2 rings (SSSR count). The van der Waals surface area contributed by atoms with Crippen molar-refractivity contribution < 1.29 is 4.74 Å². The van der Waals surface area contributed by atoms with Crippen molar-refractivity contribution in [3.63, 3.8) is 0 Å². The molecule has 1 fully saturated rings. The van der Waals surface area contributed by atoms with Gasteiger partial charge in [-0.25, -0.2) is 4.98 Å². The fourth-order valence-electron chi connectivity index (χ4n) is 2.11. The molecule has 1 heterocycles. The van der Waals surface area contributed by atoms with E-state index in [0.717, 1.165) is 25.1 Å². The molecule has 1 aliphatic carbocycles. The van der Waals surface area contributed by atoms with E-state index in [-0.39, 0.29) is 6.04 Å². The molecule has 1 aromatic rings. The normalized spacial score (nSPS) is 27.4. The molecule has 1 aliphatic rings. The van der Waals surface area contributed by atoms with Crippen molar-refractivity contribution in [2.75, 3.05) is 6.61 Å². The first-order valence-corrected chi connectivity index (χ1v) is 5.61. The van der Waals surface area contributed by atoms with Gasteiger partial charge in [-0.05, 0) is 26.7 Å². The minimum absolute atomic E-state index is 0.0543. The summed E-state index contributed by atoms with van der Waals surface area (Å²) in [4.78, 5) is 4.16. The number of nitrogens with zero attached hydrogens (tertiary/aromatic N) is 2. The smallest absolute Gasteiger partial charge is 0.0951 e. The Morgan fingerprint density at radius 2 is 2.40 bits per heavy atom. The number of rotatable bonds is 4. The second-order valence-electron chi connectivity index (χ2n) is 4.22. The van der Waals surface area contributed by atoms with Gasteiger partial charge < -0.3 is 15.0 Å². The molecule has 0 saturated heterocycles. The van der Waals surface area contributed by atoms with Crippen LogP contribution in [0.4, 0.5) is 0 Å². The van der Waals surface area contributed by atoms with E-state index < -0.39 is 0 Å². The van der Waals surface area contributed by atoms with Crippen LogP contribution in [0.25, 0.3) is 0 Å². The number of hydrogen-bond donors (Lipinski definition) is 1. The molecule has 1 aromatic heterocycles. The van der Waals surface area contributed by atoms with E-state index in [1.807, 2.05) is 26.4 Å². The molecule has 1 saturated carbocycles. The molecular formula is C11H19N3O. The number of nitrogens with two attached hydrogens (primary N) is 1. The predicted molar refractivity (Wildman–Crippen MR) is 58.5 cm³/mol. The third-order valence-corrected chi connectivity index (χ3v) is 3.03. The zero-order chi connectivity index (χ0) is 10.8. The fraction of sp³-hybridized carbons (Fsp3) is 0.727. The van der Waals surface area contributed by atoms with Gasteiger partial charge in [0.2, 0.25) is 0 Å². The van der Waals surface area contributed by atoms with Crippen LogP contribution in [0.1, 0.15) is 44.5 Å². The van der Waals surface area contributed by atoms with Gasteiger partial charge in [0.25, 0.3) is 0 Å². The predicted octanol–water partition coefficient (Wildman–Crippen LogP) is 1.64. The number of ether oxygens (including phenoxy) is 1. The summed E-state index contributed by atoms with van der Waals surface area (Å²) >= 11 is 0. The lowest BCUT2D eigenvalue weighted by Gasteiger charge is -2.36. The van der Waals surface area contributed by atoms with Gasteiger partial charge in [-0.2, -0.15) is 0 Å². The Morgan fingerprint density at radius 3 is 3.00 bits per heavy atom. The van der Waals surface area contributed by atoms with E-state index in [4.69, 9.17) is 10.5 Å². The van der Waals surface area contributed by atoms with Gasteiger partial charge in [-0.3, -0.25) is 0 Å². The van der Waals surface area contributed by atoms with Crippen LogP contribution < -0.4 is 5.73 Å². The number of imidazole rings is 1. The van der Waals surface area contributed by atoms with Crippen molar-refractivity contribution in [3.8, 4) is 0 Å². The maximum absolute atomic E-state index is 5.88. The maximum Gasteiger partial charge on any atom is 0.0951 e. The summed E-state index contributed by atoms with van der Waals surface area (Å²) < 4.78 is 7.74. The maximum atomic E-state index is 5.88. The molecule has 1 atom stereocenters. The lowest BCUT2D eigenvalue weighted by Crippen LogP contribution is -2.34. The Morgan fingerprint density at radius 1 is 1.67 bits per heavy atom. The highest BCUT2D eigenvalue weighted by Crippen LogP contribution is 2.35. The van der Waals surface area contributed by atoms with E-state index in [1.165, 1.54) is 0 Å². The summed E-state index contributed by atoms with van der Waals surface area (Å²) in [7, 11) is 0. The third kappa shape index (κ3) is 2.06. The van der Waals surface area contributed by atoms with Crippen molar-refractivity contribution in [1.82, 2.24) is 9.55 Å². The fourth-order valence-corrected chi connectivity index (χ4v) is 2.11. The minimum Gasteiger partial charge on any atom is -0.378 e. The molecule has 4 heteroatoms. The van der Waals surface area contributed by atoms with Crippen LogP contribution in [-0.2, 0) is 4.74 Å². The second kappa shape index (κ2) is 4.33. The molecule has 0 aliphatic heterocycles. The summed E-state index contributed by atoms with van der Waals surface area (Å²) in [6, 6.07) is 0.587. The van der Waals surface area contributed by atoms with Crippen LogP contribution in [0.5, 0.6) is 0 Å². The average molecular weight is 209 g/mol. The van der Waals surface area contributed by atoms with Crippen molar-refractivity contribution in [2.24, 2.45) is 5.73 Å². The van der Waals surface area contributed by atoms with Crippen LogP contribution >= 0.6 is 0 Å². The molecule has 1 unspecified atom stereocenters. The van der Waals surface area contributed by atoms with Gasteiger partial charge in [0.05, 0.1) is 18.1 Å². The van der Waals surface area contributed by atoms with E-state index in [0.29, 0.717) is 12.1 Å². The van der Waals surface area contributed by atoms with Gasteiger partial charge in [-0.15, -0.1) is 0 Å². The quantitative estimate of drug-likeness (QED) is 0.820. The van der Waals surface area contributed by atoms with Crippen LogP contribution in [0, 0.1) is 0 Å². The highest BCUT2D eigenvalue weighted by atomic mass is 16.5. The summed E-state index contributed by atoms with van der Waals surface area (Å²) in [6.45, 7) is 4.84. The SMILES string of the molecule is CCOC1CC(n2cncc2C(C)N)C1. The zero-order valence-corrected chi connectivity index (χ0v) is 9.39. The molecule has 0 aromatic carbocycles. The first-order valence-electron chi connectivity index (χ1n) is 5.61. The Kier molecular flexibility index (Phi) is 3.07. The van der Waals surface area contributed by atoms with Gasteiger partial charge >= 0.3 is 0 Å². The van der Waals surface area contributed by atoms with E-state index in [1.54, 1.807) is 0 Å². The highest BCUT2D eigenvalue weighted by molar-refractivity contribution is 5.07. The first kappa shape index (κ1) is 10.6. The molecule has 2 N–H and O–H groups in total. The Balaban J connectivity index is 1.97. The Labute approximate surface area is 90.4 Å². The van der Waals surface area contributed by atoms with Gasteiger partial charge in [0.1, 0.15) is 0 Å². The van der Waals surface area contributed by atoms with Crippen molar-refractivity contribution >= 4 is 0 Å². The van der Waals surface area contributed by atoms with Crippen molar-refractivity contribution in [3.05, 3.63) is 18.2 Å². The van der Waals surface area contributed by atoms with E-state index in [9.17, 15) is 0 Å². The van der Waals surface area contributed by atoms with Gasteiger partial charge in [0, 0.05) is 24.9 Å². The topological polar surface area (TPSA) is 53.1 Å². The lowest BCUT2D eigenvalue weighted by molar-refractivity contribution is -0.0204. The van der Waals surface area contributed by atoms with Gasteiger partial charge in [0.15, 0.2) is 0 Å².